The number of fused-ring (bicyclic) bond motifs is 1. The van der Waals surface area contributed by atoms with Crippen molar-refractivity contribution in [1.82, 2.24) is 4.90 Å². The van der Waals surface area contributed by atoms with Gasteiger partial charge in [0.15, 0.2) is 0 Å². The molecule has 1 aromatic carbocycles. The lowest BCUT2D eigenvalue weighted by molar-refractivity contribution is -0.137. The molecule has 1 heterocycles. The molecular weight excluding hydrogens is 220 g/mol. The van der Waals surface area contributed by atoms with Crippen molar-refractivity contribution in [3.05, 3.63) is 29.3 Å². The number of rotatable bonds is 1. The number of phenols is 1. The third-order valence-electron chi connectivity index (χ3n) is 3.08. The lowest BCUT2D eigenvalue weighted by atomic mass is 9.98. The summed E-state index contributed by atoms with van der Waals surface area (Å²) in [6, 6.07) is 3.98. The Hall–Kier alpha value is -2.04. The van der Waals surface area contributed by atoms with Gasteiger partial charge in [0.05, 0.1) is 0 Å². The molecular formula is C12H14N2O3. The number of nitrogens with zero attached hydrogens (tertiary/aromatic N) is 1. The van der Waals surface area contributed by atoms with Gasteiger partial charge in [0.25, 0.3) is 0 Å². The molecule has 17 heavy (non-hydrogen) atoms. The smallest absolute Gasteiger partial charge is 0.244 e. The summed E-state index contributed by atoms with van der Waals surface area (Å²) in [5, 5.41) is 9.48. The summed E-state index contributed by atoms with van der Waals surface area (Å²) in [5.74, 6) is -0.642. The van der Waals surface area contributed by atoms with Crippen molar-refractivity contribution < 1.29 is 14.7 Å². The number of aryl methyl sites for hydroxylation is 1. The summed E-state index contributed by atoms with van der Waals surface area (Å²) >= 11 is 0. The second kappa shape index (κ2) is 4.08. The molecule has 90 valence electrons. The minimum atomic E-state index is -0.799. The van der Waals surface area contributed by atoms with Gasteiger partial charge in [0.2, 0.25) is 11.8 Å². The van der Waals surface area contributed by atoms with Gasteiger partial charge >= 0.3 is 0 Å². The number of hydrogen-bond donors (Lipinski definition) is 2. The van der Waals surface area contributed by atoms with Crippen LogP contribution in [0.15, 0.2) is 18.2 Å². The van der Waals surface area contributed by atoms with Crippen LogP contribution in [0.5, 0.6) is 5.75 Å². The fourth-order valence-electron chi connectivity index (χ4n) is 2.18. The van der Waals surface area contributed by atoms with E-state index < -0.39 is 11.9 Å². The summed E-state index contributed by atoms with van der Waals surface area (Å²) in [4.78, 5) is 24.6. The summed E-state index contributed by atoms with van der Waals surface area (Å²) in [7, 11) is 1.55. The molecule has 0 radical (unpaired) electrons. The maximum absolute atomic E-state index is 11.7. The molecule has 1 aromatic rings. The number of carbonyl (C=O) groups excluding carboxylic acids is 2. The van der Waals surface area contributed by atoms with E-state index >= 15 is 0 Å². The van der Waals surface area contributed by atoms with Crippen LogP contribution < -0.4 is 5.73 Å². The van der Waals surface area contributed by atoms with Crippen LogP contribution in [0.2, 0.25) is 0 Å². The number of aromatic hydroxyl groups is 1. The van der Waals surface area contributed by atoms with Gasteiger partial charge in [-0.1, -0.05) is 6.07 Å². The lowest BCUT2D eigenvalue weighted by Gasteiger charge is -2.24. The third-order valence-corrected chi connectivity index (χ3v) is 3.08. The Balaban J connectivity index is 2.57. The molecule has 1 atom stereocenters. The van der Waals surface area contributed by atoms with Crippen molar-refractivity contribution >= 4 is 11.8 Å². The molecule has 2 rings (SSSR count). The Labute approximate surface area is 98.8 Å². The molecule has 0 saturated heterocycles. The van der Waals surface area contributed by atoms with Crippen LogP contribution in [0.3, 0.4) is 0 Å². The highest BCUT2D eigenvalue weighted by Gasteiger charge is 2.31. The van der Waals surface area contributed by atoms with Crippen LogP contribution >= 0.6 is 0 Å². The van der Waals surface area contributed by atoms with Gasteiger partial charge in [-0.05, 0) is 29.7 Å². The zero-order chi connectivity index (χ0) is 12.6. The average molecular weight is 234 g/mol. The van der Waals surface area contributed by atoms with Crippen molar-refractivity contribution in [1.29, 1.82) is 0 Å². The zero-order valence-electron chi connectivity index (χ0n) is 9.51. The molecule has 0 saturated carbocycles. The molecule has 0 aromatic heterocycles. The van der Waals surface area contributed by atoms with Crippen LogP contribution in [0.25, 0.3) is 0 Å². The molecule has 1 aliphatic rings. The molecule has 0 aliphatic carbocycles. The molecule has 1 aliphatic heterocycles. The maximum Gasteiger partial charge on any atom is 0.244 e. The number of hydrogen-bond acceptors (Lipinski definition) is 3. The summed E-state index contributed by atoms with van der Waals surface area (Å²) < 4.78 is 0. The van der Waals surface area contributed by atoms with E-state index in [1.165, 1.54) is 11.0 Å². The third kappa shape index (κ3) is 1.95. The standard InChI is InChI=1S/C12H14N2O3/c1-14-10(16)5-3-7-2-4-8(15)6-9(7)11(14)12(13)17/h2,4,6,11,15H,3,5H2,1H3,(H2,13,17). The van der Waals surface area contributed by atoms with Gasteiger partial charge in [-0.25, -0.2) is 0 Å². The minimum Gasteiger partial charge on any atom is -0.508 e. The summed E-state index contributed by atoms with van der Waals surface area (Å²) in [5.41, 5.74) is 6.84. The van der Waals surface area contributed by atoms with E-state index in [1.54, 1.807) is 19.2 Å². The Morgan fingerprint density at radius 1 is 1.47 bits per heavy atom. The van der Waals surface area contributed by atoms with Gasteiger partial charge in [0, 0.05) is 13.5 Å². The van der Waals surface area contributed by atoms with E-state index in [4.69, 9.17) is 5.73 Å². The zero-order valence-corrected chi connectivity index (χ0v) is 9.51. The highest BCUT2D eigenvalue weighted by Crippen LogP contribution is 2.30. The summed E-state index contributed by atoms with van der Waals surface area (Å²) in [6.45, 7) is 0. The van der Waals surface area contributed by atoms with E-state index in [0.717, 1.165) is 5.56 Å². The quantitative estimate of drug-likeness (QED) is 0.734. The molecule has 0 bridgehead atoms. The van der Waals surface area contributed by atoms with Crippen LogP contribution in [0.1, 0.15) is 23.6 Å². The highest BCUT2D eigenvalue weighted by molar-refractivity contribution is 5.89. The van der Waals surface area contributed by atoms with Crippen LogP contribution in [0.4, 0.5) is 0 Å². The monoisotopic (exact) mass is 234 g/mol. The number of primary amides is 1. The number of likely N-dealkylation sites (N-methyl/N-ethyl adjacent to an activating group) is 1. The number of carbonyl (C=O) groups is 2. The topological polar surface area (TPSA) is 83.6 Å². The lowest BCUT2D eigenvalue weighted by Crippen LogP contribution is -2.38. The molecule has 3 N–H and O–H groups in total. The van der Waals surface area contributed by atoms with E-state index in [-0.39, 0.29) is 11.7 Å². The molecule has 0 fully saturated rings. The predicted octanol–water partition coefficient (Wildman–Crippen LogP) is 0.323. The predicted molar refractivity (Wildman–Crippen MR) is 61.1 cm³/mol. The van der Waals surface area contributed by atoms with E-state index in [1.807, 2.05) is 0 Å². The van der Waals surface area contributed by atoms with Crippen LogP contribution in [0, 0.1) is 0 Å². The van der Waals surface area contributed by atoms with Crippen LogP contribution in [-0.4, -0.2) is 28.9 Å². The van der Waals surface area contributed by atoms with Crippen molar-refractivity contribution in [2.24, 2.45) is 5.73 Å². The Morgan fingerprint density at radius 2 is 2.18 bits per heavy atom. The second-order valence-corrected chi connectivity index (χ2v) is 4.19. The van der Waals surface area contributed by atoms with Gasteiger partial charge < -0.3 is 15.7 Å². The largest absolute Gasteiger partial charge is 0.508 e. The van der Waals surface area contributed by atoms with Crippen LogP contribution in [-0.2, 0) is 16.0 Å². The van der Waals surface area contributed by atoms with Gasteiger partial charge in [-0.3, -0.25) is 9.59 Å². The van der Waals surface area contributed by atoms with E-state index in [9.17, 15) is 14.7 Å². The first-order valence-corrected chi connectivity index (χ1v) is 5.37. The first-order valence-electron chi connectivity index (χ1n) is 5.37. The normalized spacial score (nSPS) is 19.7. The summed E-state index contributed by atoms with van der Waals surface area (Å²) in [6.07, 6.45) is 0.903. The Bertz CT molecular complexity index is 485. The van der Waals surface area contributed by atoms with Crippen molar-refractivity contribution in [3.8, 4) is 5.75 Å². The average Bonchev–Trinajstić information content (AvgIpc) is 2.37. The first kappa shape index (κ1) is 11.4. The number of benzene rings is 1. The minimum absolute atomic E-state index is 0.0674. The van der Waals surface area contributed by atoms with Gasteiger partial charge in [-0.15, -0.1) is 0 Å². The maximum atomic E-state index is 11.7. The SMILES string of the molecule is CN1C(=O)CCc2ccc(O)cc2C1C(N)=O. The molecule has 5 heteroatoms. The molecule has 2 amide bonds. The highest BCUT2D eigenvalue weighted by atomic mass is 16.3. The number of phenolic OH excluding ortho intramolecular Hbond substituents is 1. The fourth-order valence-corrected chi connectivity index (χ4v) is 2.18. The van der Waals surface area contributed by atoms with Gasteiger partial charge in [0.1, 0.15) is 11.8 Å². The Kier molecular flexibility index (Phi) is 2.75. The number of amides is 2. The molecule has 5 nitrogen and oxygen atoms in total. The first-order chi connectivity index (χ1) is 8.00. The van der Waals surface area contributed by atoms with E-state index in [2.05, 4.69) is 0 Å². The Morgan fingerprint density at radius 3 is 2.82 bits per heavy atom. The van der Waals surface area contributed by atoms with Crippen molar-refractivity contribution in [3.63, 3.8) is 0 Å². The molecule has 1 unspecified atom stereocenters. The van der Waals surface area contributed by atoms with E-state index in [0.29, 0.717) is 18.4 Å². The van der Waals surface area contributed by atoms with Crippen molar-refractivity contribution in [2.75, 3.05) is 7.05 Å². The molecule has 0 spiro atoms. The van der Waals surface area contributed by atoms with Crippen molar-refractivity contribution in [2.45, 2.75) is 18.9 Å². The second-order valence-electron chi connectivity index (χ2n) is 4.19. The number of nitrogens with two attached hydrogens (primary N) is 1. The van der Waals surface area contributed by atoms with Gasteiger partial charge in [-0.2, -0.15) is 0 Å². The fraction of sp³-hybridized carbons (Fsp3) is 0.333.